The first-order valence-corrected chi connectivity index (χ1v) is 11.8. The third-order valence-electron chi connectivity index (χ3n) is 5.50. The summed E-state index contributed by atoms with van der Waals surface area (Å²) in [6.07, 6.45) is 1.32. The van der Waals surface area contributed by atoms with E-state index in [2.05, 4.69) is 0 Å². The van der Waals surface area contributed by atoms with E-state index >= 15 is 0 Å². The second kappa shape index (κ2) is 8.85. The van der Waals surface area contributed by atoms with Crippen molar-refractivity contribution in [3.63, 3.8) is 0 Å². The van der Waals surface area contributed by atoms with E-state index in [9.17, 15) is 27.8 Å². The normalized spacial score (nSPS) is 13.7. The minimum atomic E-state index is -3.39. The van der Waals surface area contributed by atoms with Crippen LogP contribution in [0.15, 0.2) is 59.5 Å². The number of nitrogens with zero attached hydrogens (tertiary/aromatic N) is 1. The first-order valence-electron chi connectivity index (χ1n) is 9.91. The molecule has 1 heterocycles. The molecule has 0 bridgehead atoms. The van der Waals surface area contributed by atoms with Crippen LogP contribution in [0.5, 0.6) is 0 Å². The van der Waals surface area contributed by atoms with Gasteiger partial charge in [-0.2, -0.15) is 0 Å². The van der Waals surface area contributed by atoms with E-state index in [4.69, 9.17) is 5.73 Å². The molecule has 0 aliphatic heterocycles. The summed E-state index contributed by atoms with van der Waals surface area (Å²) in [5, 5.41) is 19.1. The van der Waals surface area contributed by atoms with Crippen LogP contribution < -0.4 is 5.73 Å². The SMILES string of the molecule is Cc1c(C(N)(CCCO)C(=O)O)cc(-c2ccc(S(C)(=O)=O)cc2)n1-c1ccc(F)cc1. The molecule has 0 fully saturated rings. The monoisotopic (exact) mass is 460 g/mol. The summed E-state index contributed by atoms with van der Waals surface area (Å²) in [6, 6.07) is 13.6. The Hall–Kier alpha value is -3.01. The Morgan fingerprint density at radius 2 is 1.72 bits per heavy atom. The van der Waals surface area contributed by atoms with E-state index in [0.29, 0.717) is 28.2 Å². The lowest BCUT2D eigenvalue weighted by molar-refractivity contribution is -0.144. The van der Waals surface area contributed by atoms with Crippen LogP contribution in [0.4, 0.5) is 4.39 Å². The molecular formula is C23H25FN2O5S. The van der Waals surface area contributed by atoms with E-state index in [-0.39, 0.29) is 24.3 Å². The molecule has 7 nitrogen and oxygen atoms in total. The van der Waals surface area contributed by atoms with Crippen molar-refractivity contribution < 1.29 is 27.8 Å². The molecule has 0 aliphatic carbocycles. The van der Waals surface area contributed by atoms with Crippen molar-refractivity contribution in [2.24, 2.45) is 5.73 Å². The number of aliphatic carboxylic acids is 1. The number of sulfone groups is 1. The van der Waals surface area contributed by atoms with Crippen LogP contribution in [0.25, 0.3) is 16.9 Å². The molecular weight excluding hydrogens is 435 g/mol. The molecule has 0 spiro atoms. The average Bonchev–Trinajstić information content (AvgIpc) is 3.09. The Kier molecular flexibility index (Phi) is 6.54. The lowest BCUT2D eigenvalue weighted by Crippen LogP contribution is -2.45. The lowest BCUT2D eigenvalue weighted by atomic mass is 9.86. The van der Waals surface area contributed by atoms with Crippen LogP contribution >= 0.6 is 0 Å². The number of benzene rings is 2. The zero-order valence-electron chi connectivity index (χ0n) is 17.7. The van der Waals surface area contributed by atoms with Crippen molar-refractivity contribution in [3.05, 3.63) is 71.7 Å². The zero-order valence-corrected chi connectivity index (χ0v) is 18.6. The summed E-state index contributed by atoms with van der Waals surface area (Å²) in [7, 11) is -3.39. The maximum Gasteiger partial charge on any atom is 0.328 e. The van der Waals surface area contributed by atoms with Gasteiger partial charge >= 0.3 is 5.97 Å². The van der Waals surface area contributed by atoms with Gasteiger partial charge in [-0.1, -0.05) is 12.1 Å². The molecule has 32 heavy (non-hydrogen) atoms. The van der Waals surface area contributed by atoms with E-state index < -0.39 is 27.2 Å². The molecule has 1 unspecified atom stereocenters. The van der Waals surface area contributed by atoms with Crippen LogP contribution in [0.2, 0.25) is 0 Å². The molecule has 9 heteroatoms. The number of hydrogen-bond acceptors (Lipinski definition) is 5. The molecule has 170 valence electrons. The predicted octanol–water partition coefficient (Wildman–Crippen LogP) is 3.01. The minimum absolute atomic E-state index is 0.0135. The van der Waals surface area contributed by atoms with Crippen LogP contribution in [-0.2, 0) is 20.2 Å². The number of carboxylic acids is 1. The molecule has 2 aromatic carbocycles. The third kappa shape index (κ3) is 4.45. The second-order valence-corrected chi connectivity index (χ2v) is 9.76. The van der Waals surface area contributed by atoms with E-state index in [1.807, 2.05) is 0 Å². The maximum atomic E-state index is 13.5. The molecule has 1 aromatic heterocycles. The highest BCUT2D eigenvalue weighted by atomic mass is 32.2. The van der Waals surface area contributed by atoms with Gasteiger partial charge in [-0.15, -0.1) is 0 Å². The quantitative estimate of drug-likeness (QED) is 0.475. The number of carboxylic acid groups (broad SMARTS) is 1. The first-order chi connectivity index (χ1) is 15.0. The van der Waals surface area contributed by atoms with Crippen LogP contribution in [0.3, 0.4) is 0 Å². The van der Waals surface area contributed by atoms with Crippen molar-refractivity contribution in [3.8, 4) is 16.9 Å². The summed E-state index contributed by atoms with van der Waals surface area (Å²) >= 11 is 0. The van der Waals surface area contributed by atoms with Gasteiger partial charge in [0.2, 0.25) is 0 Å². The van der Waals surface area contributed by atoms with Gasteiger partial charge in [0, 0.05) is 29.8 Å². The fourth-order valence-corrected chi connectivity index (χ4v) is 4.41. The van der Waals surface area contributed by atoms with Gasteiger partial charge in [0.1, 0.15) is 11.4 Å². The van der Waals surface area contributed by atoms with Crippen molar-refractivity contribution in [1.82, 2.24) is 4.57 Å². The molecule has 0 aliphatic rings. The minimum Gasteiger partial charge on any atom is -0.480 e. The number of aliphatic hydroxyl groups is 1. The molecule has 3 aromatic rings. The van der Waals surface area contributed by atoms with Crippen molar-refractivity contribution in [2.75, 3.05) is 12.9 Å². The summed E-state index contributed by atoms with van der Waals surface area (Å²) in [5.41, 5.74) is 7.27. The Bertz CT molecular complexity index is 1230. The predicted molar refractivity (Wildman–Crippen MR) is 119 cm³/mol. The van der Waals surface area contributed by atoms with Gasteiger partial charge in [-0.3, -0.25) is 0 Å². The number of nitrogens with two attached hydrogens (primary N) is 1. The average molecular weight is 461 g/mol. The van der Waals surface area contributed by atoms with Crippen molar-refractivity contribution in [2.45, 2.75) is 30.2 Å². The highest BCUT2D eigenvalue weighted by molar-refractivity contribution is 7.90. The van der Waals surface area contributed by atoms with Crippen LogP contribution in [0, 0.1) is 12.7 Å². The second-order valence-electron chi connectivity index (χ2n) is 7.74. The van der Waals surface area contributed by atoms with Gasteiger partial charge in [-0.05, 0) is 67.8 Å². The van der Waals surface area contributed by atoms with Gasteiger partial charge in [0.15, 0.2) is 9.84 Å². The van der Waals surface area contributed by atoms with Gasteiger partial charge < -0.3 is 20.5 Å². The Morgan fingerprint density at radius 3 is 2.22 bits per heavy atom. The largest absolute Gasteiger partial charge is 0.480 e. The summed E-state index contributed by atoms with van der Waals surface area (Å²) in [5.74, 6) is -1.65. The lowest BCUT2D eigenvalue weighted by Gasteiger charge is -2.25. The fraction of sp³-hybridized carbons (Fsp3) is 0.261. The smallest absolute Gasteiger partial charge is 0.328 e. The molecule has 0 amide bonds. The van der Waals surface area contributed by atoms with E-state index in [0.717, 1.165) is 6.26 Å². The number of rotatable bonds is 8. The standard InChI is InChI=1S/C23H25FN2O5S/c1-15-20(23(25,22(28)29)12-3-13-27)14-21(26(15)18-8-6-17(24)7-9-18)16-4-10-19(11-5-16)32(2,30)31/h4-11,14,27H,3,12-13,25H2,1-2H3,(H,28,29). The van der Waals surface area contributed by atoms with Gasteiger partial charge in [0.05, 0.1) is 10.6 Å². The summed E-state index contributed by atoms with van der Waals surface area (Å²) in [4.78, 5) is 12.3. The Morgan fingerprint density at radius 1 is 1.12 bits per heavy atom. The fourth-order valence-electron chi connectivity index (χ4n) is 3.78. The summed E-state index contributed by atoms with van der Waals surface area (Å²) in [6.45, 7) is 1.51. The Labute approximate surface area is 185 Å². The molecule has 0 saturated carbocycles. The van der Waals surface area contributed by atoms with E-state index in [1.54, 1.807) is 41.8 Å². The highest BCUT2D eigenvalue weighted by Crippen LogP contribution is 2.36. The number of hydrogen-bond donors (Lipinski definition) is 3. The molecule has 4 N–H and O–H groups in total. The Balaban J connectivity index is 2.27. The summed E-state index contributed by atoms with van der Waals surface area (Å²) < 4.78 is 38.9. The number of carbonyl (C=O) groups is 1. The zero-order chi connectivity index (χ0) is 23.7. The highest BCUT2D eigenvalue weighted by Gasteiger charge is 2.39. The molecule has 0 radical (unpaired) electrons. The number of aliphatic hydroxyl groups excluding tert-OH is 1. The number of aromatic nitrogens is 1. The molecule has 1 atom stereocenters. The van der Waals surface area contributed by atoms with E-state index in [1.165, 1.54) is 24.3 Å². The molecule has 3 rings (SSSR count). The number of halogens is 1. The van der Waals surface area contributed by atoms with Crippen LogP contribution in [-0.4, -0.2) is 42.0 Å². The van der Waals surface area contributed by atoms with Crippen molar-refractivity contribution in [1.29, 1.82) is 0 Å². The topological polar surface area (TPSA) is 123 Å². The van der Waals surface area contributed by atoms with Crippen LogP contribution in [0.1, 0.15) is 24.1 Å². The maximum absolute atomic E-state index is 13.5. The molecule has 0 saturated heterocycles. The van der Waals surface area contributed by atoms with Crippen molar-refractivity contribution >= 4 is 15.8 Å². The first kappa shape index (κ1) is 23.6. The van der Waals surface area contributed by atoms with Gasteiger partial charge in [-0.25, -0.2) is 17.6 Å². The van der Waals surface area contributed by atoms with Gasteiger partial charge in [0.25, 0.3) is 0 Å². The third-order valence-corrected chi connectivity index (χ3v) is 6.63.